The Morgan fingerprint density at radius 2 is 1.68 bits per heavy atom. The molecule has 2 aromatic carbocycles. The first-order chi connectivity index (χ1) is 14.7. The largest absolute Gasteiger partial charge is 0.372 e. The van der Waals surface area contributed by atoms with Crippen LogP contribution in [0.1, 0.15) is 57.2 Å². The SMILES string of the molecule is CC.Cc1cc(F)ccc1F.Cc1ccccc1C(=N)C(CC#N)CC(C)C.NC=O. The molecule has 0 radical (unpaired) electrons. The van der Waals surface area contributed by atoms with E-state index in [1.807, 2.05) is 45.0 Å². The lowest BCUT2D eigenvalue weighted by Crippen LogP contribution is -2.17. The van der Waals surface area contributed by atoms with E-state index in [4.69, 9.17) is 15.5 Å². The number of aryl methyl sites for hydroxylation is 2. The van der Waals surface area contributed by atoms with Gasteiger partial charge < -0.3 is 11.1 Å². The van der Waals surface area contributed by atoms with Gasteiger partial charge in [0.15, 0.2) is 0 Å². The van der Waals surface area contributed by atoms with Crippen LogP contribution in [-0.4, -0.2) is 12.1 Å². The molecule has 0 spiro atoms. The van der Waals surface area contributed by atoms with Crippen LogP contribution in [0.25, 0.3) is 0 Å². The van der Waals surface area contributed by atoms with E-state index in [1.165, 1.54) is 6.92 Å². The van der Waals surface area contributed by atoms with Gasteiger partial charge in [0.1, 0.15) is 11.6 Å². The van der Waals surface area contributed by atoms with Crippen LogP contribution in [0.3, 0.4) is 0 Å². The summed E-state index contributed by atoms with van der Waals surface area (Å²) >= 11 is 0. The lowest BCUT2D eigenvalue weighted by Gasteiger charge is -2.18. The van der Waals surface area contributed by atoms with Crippen LogP contribution in [0.5, 0.6) is 0 Å². The van der Waals surface area contributed by atoms with Gasteiger partial charge in [-0.2, -0.15) is 5.26 Å². The average Bonchev–Trinajstić information content (AvgIpc) is 2.73. The molecule has 0 aliphatic carbocycles. The monoisotopic (exact) mass is 431 g/mol. The number of hydrogen-bond donors (Lipinski definition) is 2. The zero-order valence-electron chi connectivity index (χ0n) is 19.4. The summed E-state index contributed by atoms with van der Waals surface area (Å²) in [5.74, 6) is -0.191. The highest BCUT2D eigenvalue weighted by Gasteiger charge is 2.18. The molecule has 6 heteroatoms. The lowest BCUT2D eigenvalue weighted by atomic mass is 9.86. The number of benzene rings is 2. The molecule has 0 aromatic heterocycles. The van der Waals surface area contributed by atoms with E-state index in [0.717, 1.165) is 35.7 Å². The van der Waals surface area contributed by atoms with Crippen LogP contribution < -0.4 is 5.73 Å². The molecule has 1 unspecified atom stereocenters. The van der Waals surface area contributed by atoms with Gasteiger partial charge in [-0.1, -0.05) is 52.0 Å². The Bertz CT molecular complexity index is 830. The molecule has 0 heterocycles. The van der Waals surface area contributed by atoms with Crippen molar-refractivity contribution in [2.24, 2.45) is 17.6 Å². The number of carbonyl (C=O) groups excluding carboxylic acids is 1. The second-order valence-corrected chi connectivity index (χ2v) is 6.95. The van der Waals surface area contributed by atoms with E-state index >= 15 is 0 Å². The zero-order valence-corrected chi connectivity index (χ0v) is 19.4. The molecule has 0 bridgehead atoms. The number of nitriles is 1. The summed E-state index contributed by atoms with van der Waals surface area (Å²) < 4.78 is 24.5. The van der Waals surface area contributed by atoms with Gasteiger partial charge in [-0.05, 0) is 61.1 Å². The van der Waals surface area contributed by atoms with E-state index in [2.05, 4.69) is 25.7 Å². The molecule has 0 fully saturated rings. The van der Waals surface area contributed by atoms with Crippen molar-refractivity contribution < 1.29 is 13.6 Å². The maximum atomic E-state index is 12.3. The molecule has 170 valence electrons. The Morgan fingerprint density at radius 1 is 1.13 bits per heavy atom. The van der Waals surface area contributed by atoms with Crippen molar-refractivity contribution in [3.63, 3.8) is 0 Å². The summed E-state index contributed by atoms with van der Waals surface area (Å²) in [6, 6.07) is 13.5. The predicted molar refractivity (Wildman–Crippen MR) is 124 cm³/mol. The molecule has 2 rings (SSSR count). The number of halogens is 2. The van der Waals surface area contributed by atoms with Crippen molar-refractivity contribution >= 4 is 12.1 Å². The minimum Gasteiger partial charge on any atom is -0.372 e. The zero-order chi connectivity index (χ0) is 24.4. The molecular formula is C25H35F2N3O. The van der Waals surface area contributed by atoms with Crippen molar-refractivity contribution in [3.05, 3.63) is 70.8 Å². The summed E-state index contributed by atoms with van der Waals surface area (Å²) in [6.45, 7) is 11.8. The first-order valence-corrected chi connectivity index (χ1v) is 10.3. The Labute approximate surface area is 185 Å². The number of nitrogens with zero attached hydrogens (tertiary/aromatic N) is 1. The van der Waals surface area contributed by atoms with Crippen molar-refractivity contribution in [1.29, 1.82) is 10.7 Å². The first-order valence-electron chi connectivity index (χ1n) is 10.3. The minimum absolute atomic E-state index is 0.0566. The lowest BCUT2D eigenvalue weighted by molar-refractivity contribution is -0.106. The van der Waals surface area contributed by atoms with Crippen LogP contribution in [-0.2, 0) is 4.79 Å². The van der Waals surface area contributed by atoms with Crippen molar-refractivity contribution in [2.45, 2.75) is 54.4 Å². The van der Waals surface area contributed by atoms with Crippen LogP contribution in [0, 0.1) is 54.1 Å². The molecule has 0 saturated heterocycles. The van der Waals surface area contributed by atoms with E-state index in [0.29, 0.717) is 23.6 Å². The van der Waals surface area contributed by atoms with E-state index in [1.54, 1.807) is 0 Å². The fourth-order valence-corrected chi connectivity index (χ4v) is 2.69. The summed E-state index contributed by atoms with van der Waals surface area (Å²) in [6.07, 6.45) is 1.59. The molecule has 0 aliphatic rings. The molecular weight excluding hydrogens is 396 g/mol. The fraction of sp³-hybridized carbons (Fsp3) is 0.400. The van der Waals surface area contributed by atoms with Gasteiger partial charge in [0.05, 0.1) is 6.07 Å². The van der Waals surface area contributed by atoms with Gasteiger partial charge in [-0.25, -0.2) is 8.78 Å². The van der Waals surface area contributed by atoms with Gasteiger partial charge in [0.25, 0.3) is 0 Å². The Morgan fingerprint density at radius 3 is 2.10 bits per heavy atom. The normalized spacial score (nSPS) is 10.1. The second-order valence-electron chi connectivity index (χ2n) is 6.95. The van der Waals surface area contributed by atoms with Gasteiger partial charge in [0.2, 0.25) is 6.41 Å². The van der Waals surface area contributed by atoms with Gasteiger partial charge in [-0.15, -0.1) is 0 Å². The number of rotatable bonds is 5. The molecule has 1 amide bonds. The van der Waals surface area contributed by atoms with E-state index in [9.17, 15) is 8.78 Å². The molecule has 4 nitrogen and oxygen atoms in total. The third-order valence-corrected chi connectivity index (χ3v) is 4.06. The molecule has 2 aromatic rings. The number of primary amides is 1. The number of nitrogens with one attached hydrogen (secondary N) is 1. The van der Waals surface area contributed by atoms with Crippen LogP contribution in [0.15, 0.2) is 42.5 Å². The average molecular weight is 432 g/mol. The van der Waals surface area contributed by atoms with E-state index < -0.39 is 5.82 Å². The third kappa shape index (κ3) is 13.0. The maximum absolute atomic E-state index is 12.3. The smallest absolute Gasteiger partial charge is 0.204 e. The third-order valence-electron chi connectivity index (χ3n) is 4.06. The second kappa shape index (κ2) is 17.8. The van der Waals surface area contributed by atoms with Gasteiger partial charge in [-0.3, -0.25) is 4.79 Å². The first kappa shape index (κ1) is 30.1. The molecule has 0 saturated carbocycles. The highest BCUT2D eigenvalue weighted by atomic mass is 19.1. The van der Waals surface area contributed by atoms with Gasteiger partial charge >= 0.3 is 0 Å². The fourth-order valence-electron chi connectivity index (χ4n) is 2.69. The maximum Gasteiger partial charge on any atom is 0.204 e. The van der Waals surface area contributed by atoms with Crippen molar-refractivity contribution in [2.75, 3.05) is 0 Å². The van der Waals surface area contributed by atoms with Crippen LogP contribution >= 0.6 is 0 Å². The Kier molecular flexibility index (Phi) is 17.3. The quantitative estimate of drug-likeness (QED) is 0.427. The molecule has 31 heavy (non-hydrogen) atoms. The topological polar surface area (TPSA) is 90.7 Å². The standard InChI is InChI=1S/C15H20N2.C7H6F2.C2H6.CH3NO/c1-11(2)10-13(8-9-16)15(17)14-7-5-4-6-12(14)3;1-5-4-6(8)2-3-7(5)9;1-2;2-1-3/h4-7,11,13,17H,8,10H2,1-3H3;2-4H,1H3;1-2H3;1H,(H2,2,3). The molecule has 3 N–H and O–H groups in total. The Balaban J connectivity index is 0. The molecule has 1 atom stereocenters. The van der Waals surface area contributed by atoms with Crippen LogP contribution in [0.4, 0.5) is 8.78 Å². The predicted octanol–water partition coefficient (Wildman–Crippen LogP) is 6.34. The van der Waals surface area contributed by atoms with Crippen LogP contribution in [0.2, 0.25) is 0 Å². The summed E-state index contributed by atoms with van der Waals surface area (Å²) in [4.78, 5) is 8.58. The minimum atomic E-state index is -0.395. The number of carbonyl (C=O) groups is 1. The summed E-state index contributed by atoms with van der Waals surface area (Å²) in [5.41, 5.74) is 7.21. The summed E-state index contributed by atoms with van der Waals surface area (Å²) in [5, 5.41) is 17.1. The summed E-state index contributed by atoms with van der Waals surface area (Å²) in [7, 11) is 0. The number of amides is 1. The van der Waals surface area contributed by atoms with Crippen molar-refractivity contribution in [3.8, 4) is 6.07 Å². The Hall–Kier alpha value is -3.07. The van der Waals surface area contributed by atoms with Crippen molar-refractivity contribution in [1.82, 2.24) is 0 Å². The van der Waals surface area contributed by atoms with Gasteiger partial charge in [0, 0.05) is 18.1 Å². The highest BCUT2D eigenvalue weighted by molar-refractivity contribution is 6.01. The molecule has 0 aliphatic heterocycles. The highest BCUT2D eigenvalue weighted by Crippen LogP contribution is 2.22. The number of nitrogens with two attached hydrogens (primary N) is 1. The van der Waals surface area contributed by atoms with E-state index in [-0.39, 0.29) is 18.1 Å². The number of hydrogen-bond acceptors (Lipinski definition) is 3.